The molecule has 0 radical (unpaired) electrons. The van der Waals surface area contributed by atoms with Crippen LogP contribution < -0.4 is 0 Å². The molecule has 1 N–H and O–H groups in total. The minimum atomic E-state index is -1.25. The molecule has 2 amide bonds. The van der Waals surface area contributed by atoms with Crippen LogP contribution in [0.3, 0.4) is 0 Å². The second-order valence-corrected chi connectivity index (χ2v) is 2.96. The van der Waals surface area contributed by atoms with Crippen LogP contribution in [0, 0.1) is 6.92 Å². The van der Waals surface area contributed by atoms with Gasteiger partial charge in [0.05, 0.1) is 0 Å². The van der Waals surface area contributed by atoms with Crippen molar-refractivity contribution in [2.45, 2.75) is 6.92 Å². The summed E-state index contributed by atoms with van der Waals surface area (Å²) in [5.74, 6) is -0.504. The first-order valence-electron chi connectivity index (χ1n) is 4.10. The Bertz CT molecular complexity index is 373. The molecule has 0 aliphatic carbocycles. The lowest BCUT2D eigenvalue weighted by Gasteiger charge is -2.12. The second-order valence-electron chi connectivity index (χ2n) is 2.96. The van der Waals surface area contributed by atoms with E-state index in [1.807, 2.05) is 0 Å². The average Bonchev–Trinajstić information content (AvgIpc) is 2.16. The van der Waals surface area contributed by atoms with Crippen molar-refractivity contribution in [3.8, 4) is 0 Å². The van der Waals surface area contributed by atoms with Crippen LogP contribution in [0.2, 0.25) is 0 Å². The van der Waals surface area contributed by atoms with Crippen molar-refractivity contribution in [1.29, 1.82) is 0 Å². The van der Waals surface area contributed by atoms with Crippen molar-refractivity contribution in [3.05, 3.63) is 35.4 Å². The Balaban J connectivity index is 3.01. The third kappa shape index (κ3) is 1.90. The minimum Gasteiger partial charge on any atom is -0.465 e. The summed E-state index contributed by atoms with van der Waals surface area (Å²) in [5.41, 5.74) is 1.18. The lowest BCUT2D eigenvalue weighted by Crippen LogP contribution is -2.32. The molecule has 0 aromatic heterocycles. The topological polar surface area (TPSA) is 57.6 Å². The van der Waals surface area contributed by atoms with Gasteiger partial charge in [0, 0.05) is 12.6 Å². The Morgan fingerprint density at radius 1 is 1.29 bits per heavy atom. The van der Waals surface area contributed by atoms with Crippen LogP contribution >= 0.6 is 0 Å². The van der Waals surface area contributed by atoms with E-state index >= 15 is 0 Å². The van der Waals surface area contributed by atoms with Crippen LogP contribution in [0.15, 0.2) is 24.3 Å². The molecule has 1 aromatic carbocycles. The van der Waals surface area contributed by atoms with Crippen molar-refractivity contribution < 1.29 is 14.7 Å². The number of aryl methyl sites for hydroxylation is 1. The quantitative estimate of drug-likeness (QED) is 0.739. The molecule has 0 atom stereocenters. The highest BCUT2D eigenvalue weighted by atomic mass is 16.4. The summed E-state index contributed by atoms with van der Waals surface area (Å²) in [6.07, 6.45) is -1.25. The Labute approximate surface area is 81.8 Å². The standard InChI is InChI=1S/C10H11NO3/c1-7-5-3-4-6-8(7)9(12)11(2)10(13)14/h3-6H,1-2H3,(H,13,14). The monoisotopic (exact) mass is 193 g/mol. The van der Waals surface area contributed by atoms with Gasteiger partial charge in [0.1, 0.15) is 0 Å². The number of carboxylic acid groups (broad SMARTS) is 1. The van der Waals surface area contributed by atoms with Gasteiger partial charge in [-0.2, -0.15) is 0 Å². The molecule has 0 aliphatic heterocycles. The Kier molecular flexibility index (Phi) is 2.86. The molecule has 14 heavy (non-hydrogen) atoms. The number of imide groups is 1. The normalized spacial score (nSPS) is 9.57. The van der Waals surface area contributed by atoms with E-state index < -0.39 is 12.0 Å². The SMILES string of the molecule is Cc1ccccc1C(=O)N(C)C(=O)O. The van der Waals surface area contributed by atoms with Crippen LogP contribution in [-0.2, 0) is 0 Å². The molecular weight excluding hydrogens is 182 g/mol. The van der Waals surface area contributed by atoms with E-state index in [4.69, 9.17) is 5.11 Å². The largest absolute Gasteiger partial charge is 0.465 e. The minimum absolute atomic E-state index is 0.414. The predicted molar refractivity (Wildman–Crippen MR) is 51.3 cm³/mol. The lowest BCUT2D eigenvalue weighted by molar-refractivity contribution is 0.0781. The first kappa shape index (κ1) is 10.2. The summed E-state index contributed by atoms with van der Waals surface area (Å²) in [6.45, 7) is 1.77. The van der Waals surface area contributed by atoms with E-state index in [0.717, 1.165) is 5.56 Å². The summed E-state index contributed by atoms with van der Waals surface area (Å²) >= 11 is 0. The maximum Gasteiger partial charge on any atom is 0.414 e. The zero-order valence-electron chi connectivity index (χ0n) is 8.02. The first-order valence-corrected chi connectivity index (χ1v) is 4.10. The molecule has 0 unspecified atom stereocenters. The fraction of sp³-hybridized carbons (Fsp3) is 0.200. The first-order chi connectivity index (χ1) is 6.54. The van der Waals surface area contributed by atoms with Gasteiger partial charge >= 0.3 is 6.09 Å². The molecule has 0 bridgehead atoms. The van der Waals surface area contributed by atoms with Crippen molar-refractivity contribution in [2.75, 3.05) is 7.05 Å². The van der Waals surface area contributed by atoms with Gasteiger partial charge in [-0.05, 0) is 18.6 Å². The van der Waals surface area contributed by atoms with E-state index in [0.29, 0.717) is 10.5 Å². The fourth-order valence-electron chi connectivity index (χ4n) is 1.08. The van der Waals surface area contributed by atoms with Gasteiger partial charge < -0.3 is 5.11 Å². The molecule has 1 aromatic rings. The summed E-state index contributed by atoms with van der Waals surface area (Å²) in [5, 5.41) is 8.61. The van der Waals surface area contributed by atoms with Crippen LogP contribution in [0.4, 0.5) is 4.79 Å². The summed E-state index contributed by atoms with van der Waals surface area (Å²) in [6, 6.07) is 6.88. The van der Waals surface area contributed by atoms with Gasteiger partial charge in [0.15, 0.2) is 0 Å². The Morgan fingerprint density at radius 3 is 2.36 bits per heavy atom. The van der Waals surface area contributed by atoms with Gasteiger partial charge in [-0.25, -0.2) is 9.69 Å². The fourth-order valence-corrected chi connectivity index (χ4v) is 1.08. The van der Waals surface area contributed by atoms with Gasteiger partial charge in [0.2, 0.25) is 0 Å². The molecule has 0 fully saturated rings. The van der Waals surface area contributed by atoms with E-state index in [-0.39, 0.29) is 0 Å². The molecule has 0 aliphatic rings. The van der Waals surface area contributed by atoms with Gasteiger partial charge in [-0.1, -0.05) is 18.2 Å². The highest BCUT2D eigenvalue weighted by Crippen LogP contribution is 2.09. The Hall–Kier alpha value is -1.84. The van der Waals surface area contributed by atoms with Crippen LogP contribution in [0.5, 0.6) is 0 Å². The molecule has 74 valence electrons. The molecule has 4 nitrogen and oxygen atoms in total. The van der Waals surface area contributed by atoms with Gasteiger partial charge in [0.25, 0.3) is 5.91 Å². The van der Waals surface area contributed by atoms with Crippen LogP contribution in [-0.4, -0.2) is 29.1 Å². The summed E-state index contributed by atoms with van der Waals surface area (Å²) in [4.78, 5) is 22.8. The van der Waals surface area contributed by atoms with Crippen molar-refractivity contribution in [3.63, 3.8) is 0 Å². The van der Waals surface area contributed by atoms with Crippen LogP contribution in [0.25, 0.3) is 0 Å². The number of benzene rings is 1. The number of rotatable bonds is 1. The summed E-state index contributed by atoms with van der Waals surface area (Å²) in [7, 11) is 1.23. The maximum absolute atomic E-state index is 11.6. The number of hydrogen-bond donors (Lipinski definition) is 1. The second kappa shape index (κ2) is 3.91. The third-order valence-corrected chi connectivity index (χ3v) is 1.97. The van der Waals surface area contributed by atoms with E-state index in [1.54, 1.807) is 31.2 Å². The predicted octanol–water partition coefficient (Wildman–Crippen LogP) is 1.75. The molecule has 1 rings (SSSR count). The highest BCUT2D eigenvalue weighted by Gasteiger charge is 2.18. The van der Waals surface area contributed by atoms with E-state index in [1.165, 1.54) is 7.05 Å². The number of amides is 2. The molecule has 0 heterocycles. The zero-order valence-corrected chi connectivity index (χ0v) is 8.02. The van der Waals surface area contributed by atoms with Crippen molar-refractivity contribution >= 4 is 12.0 Å². The summed E-state index contributed by atoms with van der Waals surface area (Å²) < 4.78 is 0. The average molecular weight is 193 g/mol. The van der Waals surface area contributed by atoms with Crippen molar-refractivity contribution in [1.82, 2.24) is 4.90 Å². The van der Waals surface area contributed by atoms with E-state index in [9.17, 15) is 9.59 Å². The van der Waals surface area contributed by atoms with Crippen molar-refractivity contribution in [2.24, 2.45) is 0 Å². The number of hydrogen-bond acceptors (Lipinski definition) is 2. The van der Waals surface area contributed by atoms with E-state index in [2.05, 4.69) is 0 Å². The van der Waals surface area contributed by atoms with Gasteiger partial charge in [-0.3, -0.25) is 4.79 Å². The lowest BCUT2D eigenvalue weighted by atomic mass is 10.1. The zero-order chi connectivity index (χ0) is 10.7. The molecule has 0 spiro atoms. The number of carbonyl (C=O) groups excluding carboxylic acids is 1. The highest BCUT2D eigenvalue weighted by molar-refractivity contribution is 6.03. The molecular formula is C10H11NO3. The maximum atomic E-state index is 11.6. The van der Waals surface area contributed by atoms with Crippen LogP contribution in [0.1, 0.15) is 15.9 Å². The number of carbonyl (C=O) groups is 2. The molecule has 0 saturated carbocycles. The number of nitrogens with zero attached hydrogens (tertiary/aromatic N) is 1. The van der Waals surface area contributed by atoms with Gasteiger partial charge in [-0.15, -0.1) is 0 Å². The third-order valence-electron chi connectivity index (χ3n) is 1.97. The Morgan fingerprint density at radius 2 is 1.86 bits per heavy atom. The molecule has 0 saturated heterocycles. The molecule has 4 heteroatoms. The smallest absolute Gasteiger partial charge is 0.414 e.